The molecule has 1 amide bonds. The van der Waals surface area contributed by atoms with Crippen LogP contribution in [0.25, 0.3) is 10.9 Å². The molecule has 0 unspecified atom stereocenters. The van der Waals surface area contributed by atoms with E-state index in [1.807, 2.05) is 25.1 Å². The van der Waals surface area contributed by atoms with Gasteiger partial charge < -0.3 is 15.8 Å². The van der Waals surface area contributed by atoms with Crippen LogP contribution in [-0.2, 0) is 25.8 Å². The third-order valence-corrected chi connectivity index (χ3v) is 7.51. The molecule has 0 radical (unpaired) electrons. The highest BCUT2D eigenvalue weighted by Gasteiger charge is 2.22. The molecule has 3 rings (SSSR count). The van der Waals surface area contributed by atoms with E-state index in [1.54, 1.807) is 13.8 Å². The second-order valence-corrected chi connectivity index (χ2v) is 10.5. The number of hydrogen-bond donors (Lipinski definition) is 2. The number of anilines is 2. The van der Waals surface area contributed by atoms with E-state index in [0.29, 0.717) is 22.2 Å². The lowest BCUT2D eigenvalue weighted by molar-refractivity contribution is -0.142. The SMILES string of the molecule is CCCc1c(C)cccc1Nc1c(C(N)=O)cnc2c(C)cc(S(=O)(=O)CCC(=O)OCC)cc12. The first kappa shape index (κ1) is 26.2. The highest BCUT2D eigenvalue weighted by molar-refractivity contribution is 7.91. The molecule has 0 saturated carbocycles. The molecule has 0 aliphatic heterocycles. The number of hydrogen-bond acceptors (Lipinski definition) is 7. The molecule has 0 bridgehead atoms. The number of fused-ring (bicyclic) bond motifs is 1. The van der Waals surface area contributed by atoms with Crippen LogP contribution < -0.4 is 11.1 Å². The summed E-state index contributed by atoms with van der Waals surface area (Å²) in [6, 6.07) is 8.87. The number of nitrogens with one attached hydrogen (secondary N) is 1. The molecule has 0 aliphatic carbocycles. The molecule has 186 valence electrons. The standard InChI is InChI=1S/C26H31N3O5S/c1-5-8-19-16(3)9-7-10-22(19)29-25-20-14-18(35(32,33)12-11-23(30)34-6-2)13-17(4)24(20)28-15-21(25)26(27)31/h7,9-10,13-15H,5-6,8,11-12H2,1-4H3,(H2,27,31)(H,28,29). The van der Waals surface area contributed by atoms with Crippen LogP contribution in [-0.4, -0.2) is 37.6 Å². The Hall–Kier alpha value is -3.46. The molecule has 0 saturated heterocycles. The number of nitrogens with two attached hydrogens (primary N) is 1. The van der Waals surface area contributed by atoms with Crippen molar-refractivity contribution >= 4 is 44.0 Å². The average Bonchev–Trinajstić information content (AvgIpc) is 2.80. The van der Waals surface area contributed by atoms with Crippen molar-refractivity contribution in [1.29, 1.82) is 0 Å². The Balaban J connectivity index is 2.18. The zero-order valence-corrected chi connectivity index (χ0v) is 21.3. The monoisotopic (exact) mass is 497 g/mol. The van der Waals surface area contributed by atoms with Crippen molar-refractivity contribution in [2.45, 2.75) is 51.9 Å². The predicted octanol–water partition coefficient (Wildman–Crippen LogP) is 4.37. The van der Waals surface area contributed by atoms with Crippen LogP contribution in [0.2, 0.25) is 0 Å². The Kier molecular flexibility index (Phi) is 8.11. The lowest BCUT2D eigenvalue weighted by Crippen LogP contribution is -2.16. The van der Waals surface area contributed by atoms with Crippen molar-refractivity contribution in [3.63, 3.8) is 0 Å². The van der Waals surface area contributed by atoms with Crippen LogP contribution in [0.5, 0.6) is 0 Å². The van der Waals surface area contributed by atoms with Gasteiger partial charge in [0.2, 0.25) is 0 Å². The van der Waals surface area contributed by atoms with Gasteiger partial charge in [0, 0.05) is 17.3 Å². The van der Waals surface area contributed by atoms with Crippen LogP contribution in [0.4, 0.5) is 11.4 Å². The van der Waals surface area contributed by atoms with Gasteiger partial charge >= 0.3 is 5.97 Å². The smallest absolute Gasteiger partial charge is 0.306 e. The summed E-state index contributed by atoms with van der Waals surface area (Å²) in [5.41, 5.74) is 10.4. The highest BCUT2D eigenvalue weighted by Crippen LogP contribution is 2.34. The normalized spacial score (nSPS) is 11.4. The quantitative estimate of drug-likeness (QED) is 0.398. The molecule has 35 heavy (non-hydrogen) atoms. The van der Waals surface area contributed by atoms with Crippen LogP contribution >= 0.6 is 0 Å². The van der Waals surface area contributed by atoms with Crippen molar-refractivity contribution in [1.82, 2.24) is 4.98 Å². The zero-order valence-electron chi connectivity index (χ0n) is 20.5. The number of aromatic nitrogens is 1. The Morgan fingerprint density at radius 2 is 1.86 bits per heavy atom. The summed E-state index contributed by atoms with van der Waals surface area (Å²) in [6.45, 7) is 7.71. The minimum absolute atomic E-state index is 0.0382. The Labute approximate surface area is 205 Å². The molecule has 8 nitrogen and oxygen atoms in total. The maximum absolute atomic E-state index is 13.1. The molecule has 3 N–H and O–H groups in total. The molecule has 0 spiro atoms. The molecule has 0 atom stereocenters. The van der Waals surface area contributed by atoms with E-state index >= 15 is 0 Å². The fourth-order valence-corrected chi connectivity index (χ4v) is 5.38. The topological polar surface area (TPSA) is 128 Å². The van der Waals surface area contributed by atoms with Crippen LogP contribution in [0.1, 0.15) is 53.7 Å². The number of aryl methyl sites for hydroxylation is 2. The van der Waals surface area contributed by atoms with Gasteiger partial charge in [-0.1, -0.05) is 25.5 Å². The first-order valence-corrected chi connectivity index (χ1v) is 13.2. The minimum atomic E-state index is -3.81. The van der Waals surface area contributed by atoms with E-state index in [4.69, 9.17) is 10.5 Å². The minimum Gasteiger partial charge on any atom is -0.466 e. The lowest BCUT2D eigenvalue weighted by atomic mass is 10.0. The Morgan fingerprint density at radius 1 is 1.11 bits per heavy atom. The molecule has 9 heteroatoms. The van der Waals surface area contributed by atoms with E-state index in [1.165, 1.54) is 18.3 Å². The van der Waals surface area contributed by atoms with Crippen LogP contribution in [0.15, 0.2) is 41.4 Å². The van der Waals surface area contributed by atoms with E-state index in [0.717, 1.165) is 29.7 Å². The number of carbonyl (C=O) groups is 2. The summed E-state index contributed by atoms with van der Waals surface area (Å²) in [4.78, 5) is 28.5. The summed E-state index contributed by atoms with van der Waals surface area (Å²) in [7, 11) is -3.81. The molecular formula is C26H31N3O5S. The molecule has 2 aromatic carbocycles. The Bertz CT molecular complexity index is 1380. The van der Waals surface area contributed by atoms with Crippen molar-refractivity contribution in [2.24, 2.45) is 5.73 Å². The van der Waals surface area contributed by atoms with Crippen molar-refractivity contribution in [2.75, 3.05) is 17.7 Å². The van der Waals surface area contributed by atoms with E-state index in [2.05, 4.69) is 17.2 Å². The van der Waals surface area contributed by atoms with Crippen LogP contribution in [0, 0.1) is 13.8 Å². The summed E-state index contributed by atoms with van der Waals surface area (Å²) in [5.74, 6) is -1.64. The van der Waals surface area contributed by atoms with Gasteiger partial charge in [-0.2, -0.15) is 0 Å². The molecule has 0 fully saturated rings. The number of esters is 1. The summed E-state index contributed by atoms with van der Waals surface area (Å²) >= 11 is 0. The fourth-order valence-electron chi connectivity index (χ4n) is 4.05. The van der Waals surface area contributed by atoms with Crippen molar-refractivity contribution in [3.05, 3.63) is 58.8 Å². The van der Waals surface area contributed by atoms with Gasteiger partial charge in [-0.05, 0) is 62.1 Å². The van der Waals surface area contributed by atoms with E-state index < -0.39 is 21.7 Å². The molecule has 3 aromatic rings. The highest BCUT2D eigenvalue weighted by atomic mass is 32.2. The molecular weight excluding hydrogens is 466 g/mol. The number of primary amides is 1. The molecule has 0 aliphatic rings. The Morgan fingerprint density at radius 3 is 2.51 bits per heavy atom. The van der Waals surface area contributed by atoms with Crippen molar-refractivity contribution < 1.29 is 22.7 Å². The van der Waals surface area contributed by atoms with Crippen molar-refractivity contribution in [3.8, 4) is 0 Å². The summed E-state index contributed by atoms with van der Waals surface area (Å²) in [5, 5.41) is 3.81. The van der Waals surface area contributed by atoms with Gasteiger partial charge in [0.25, 0.3) is 5.91 Å². The van der Waals surface area contributed by atoms with E-state index in [-0.39, 0.29) is 29.2 Å². The van der Waals surface area contributed by atoms with Gasteiger partial charge in [0.15, 0.2) is 9.84 Å². The number of benzene rings is 2. The first-order chi connectivity index (χ1) is 16.6. The second-order valence-electron chi connectivity index (χ2n) is 8.40. The largest absolute Gasteiger partial charge is 0.466 e. The molecule has 1 aromatic heterocycles. The number of nitrogens with zero attached hydrogens (tertiary/aromatic N) is 1. The van der Waals surface area contributed by atoms with Gasteiger partial charge in [0.05, 0.1) is 40.4 Å². The maximum atomic E-state index is 13.1. The van der Waals surface area contributed by atoms with Gasteiger partial charge in [-0.3, -0.25) is 14.6 Å². The fraction of sp³-hybridized carbons (Fsp3) is 0.346. The van der Waals surface area contributed by atoms with E-state index in [9.17, 15) is 18.0 Å². The first-order valence-electron chi connectivity index (χ1n) is 11.6. The summed E-state index contributed by atoms with van der Waals surface area (Å²) in [6.07, 6.45) is 2.92. The third-order valence-electron chi connectivity index (χ3n) is 5.81. The van der Waals surface area contributed by atoms with Crippen LogP contribution in [0.3, 0.4) is 0 Å². The number of rotatable bonds is 10. The number of pyridine rings is 1. The maximum Gasteiger partial charge on any atom is 0.306 e. The van der Waals surface area contributed by atoms with Gasteiger partial charge in [-0.15, -0.1) is 0 Å². The molecule has 1 heterocycles. The average molecular weight is 498 g/mol. The number of ether oxygens (including phenoxy) is 1. The van der Waals surface area contributed by atoms with Gasteiger partial charge in [-0.25, -0.2) is 8.42 Å². The van der Waals surface area contributed by atoms with Gasteiger partial charge in [0.1, 0.15) is 0 Å². The zero-order chi connectivity index (χ0) is 25.8. The number of carbonyl (C=O) groups excluding carboxylic acids is 2. The second kappa shape index (κ2) is 10.9. The predicted molar refractivity (Wildman–Crippen MR) is 137 cm³/mol. The number of amides is 1. The lowest BCUT2D eigenvalue weighted by Gasteiger charge is -2.18. The number of sulfone groups is 1. The third kappa shape index (κ3) is 5.79. The summed E-state index contributed by atoms with van der Waals surface area (Å²) < 4.78 is 31.0.